The Morgan fingerprint density at radius 2 is 1.64 bits per heavy atom. The number of aryl methyl sites for hydroxylation is 2. The Labute approximate surface area is 210 Å². The standard InChI is InChI=1S/C26H35N5O5/c1-5-7-10-29-17-27-24-23(29)25(33)31(26(34)30(24)11-8-6-2)16-22(32)28-12-9-18-13-20(35-3)21(36-4)14-19(18)15-28/h13-14,17H,5-12,15-16H2,1-4H3. The molecule has 0 fully saturated rings. The van der Waals surface area contributed by atoms with Crippen LogP contribution in [0.4, 0.5) is 0 Å². The Bertz CT molecular complexity index is 1370. The van der Waals surface area contributed by atoms with E-state index in [4.69, 9.17) is 9.47 Å². The lowest BCUT2D eigenvalue weighted by Crippen LogP contribution is -2.46. The average molecular weight is 498 g/mol. The fourth-order valence-corrected chi connectivity index (χ4v) is 4.73. The molecule has 1 amide bonds. The summed E-state index contributed by atoms with van der Waals surface area (Å²) in [5, 5.41) is 0. The summed E-state index contributed by atoms with van der Waals surface area (Å²) >= 11 is 0. The van der Waals surface area contributed by atoms with Crippen LogP contribution in [0.25, 0.3) is 11.2 Å². The number of methoxy groups -OCH3 is 2. The summed E-state index contributed by atoms with van der Waals surface area (Å²) in [6.45, 7) is 5.78. The predicted octanol–water partition coefficient (Wildman–Crippen LogP) is 2.56. The summed E-state index contributed by atoms with van der Waals surface area (Å²) in [5.41, 5.74) is 1.89. The molecular formula is C26H35N5O5. The molecule has 10 heteroatoms. The van der Waals surface area contributed by atoms with Gasteiger partial charge in [-0.2, -0.15) is 0 Å². The highest BCUT2D eigenvalue weighted by atomic mass is 16.5. The number of ether oxygens (including phenoxy) is 2. The molecule has 0 aliphatic carbocycles. The van der Waals surface area contributed by atoms with Crippen LogP contribution in [0, 0.1) is 0 Å². The van der Waals surface area contributed by atoms with Gasteiger partial charge in [0, 0.05) is 26.2 Å². The molecule has 0 N–H and O–H groups in total. The highest BCUT2D eigenvalue weighted by Crippen LogP contribution is 2.33. The maximum atomic E-state index is 13.5. The maximum Gasteiger partial charge on any atom is 0.333 e. The molecule has 2 aromatic heterocycles. The van der Waals surface area contributed by atoms with Gasteiger partial charge in [0.05, 0.1) is 20.5 Å². The molecular weight excluding hydrogens is 462 g/mol. The van der Waals surface area contributed by atoms with Crippen molar-refractivity contribution < 1.29 is 14.3 Å². The van der Waals surface area contributed by atoms with Crippen LogP contribution < -0.4 is 20.7 Å². The number of carbonyl (C=O) groups excluding carboxylic acids is 1. The van der Waals surface area contributed by atoms with E-state index in [0.29, 0.717) is 55.3 Å². The minimum Gasteiger partial charge on any atom is -0.493 e. The number of benzene rings is 1. The lowest BCUT2D eigenvalue weighted by Gasteiger charge is -2.30. The van der Waals surface area contributed by atoms with Gasteiger partial charge >= 0.3 is 5.69 Å². The number of hydrogen-bond donors (Lipinski definition) is 0. The zero-order chi connectivity index (χ0) is 25.8. The van der Waals surface area contributed by atoms with Crippen LogP contribution in [0.5, 0.6) is 11.5 Å². The van der Waals surface area contributed by atoms with Crippen LogP contribution in [0.1, 0.15) is 50.7 Å². The van der Waals surface area contributed by atoms with E-state index in [9.17, 15) is 14.4 Å². The van der Waals surface area contributed by atoms with Gasteiger partial charge in [-0.05, 0) is 42.5 Å². The van der Waals surface area contributed by atoms with Crippen molar-refractivity contribution in [3.8, 4) is 11.5 Å². The summed E-state index contributed by atoms with van der Waals surface area (Å²) in [6.07, 6.45) is 5.80. The van der Waals surface area contributed by atoms with Crippen LogP contribution in [0.15, 0.2) is 28.0 Å². The second-order valence-corrected chi connectivity index (χ2v) is 9.18. The fourth-order valence-electron chi connectivity index (χ4n) is 4.73. The van der Waals surface area contributed by atoms with Crippen molar-refractivity contribution in [2.45, 2.75) is 72.1 Å². The number of imidazole rings is 1. The molecule has 3 aromatic rings. The molecule has 0 spiro atoms. The monoisotopic (exact) mass is 497 g/mol. The Kier molecular flexibility index (Phi) is 7.81. The zero-order valence-corrected chi connectivity index (χ0v) is 21.6. The van der Waals surface area contributed by atoms with E-state index in [2.05, 4.69) is 11.9 Å². The maximum absolute atomic E-state index is 13.5. The summed E-state index contributed by atoms with van der Waals surface area (Å²) < 4.78 is 15.2. The molecule has 0 atom stereocenters. The van der Waals surface area contributed by atoms with E-state index >= 15 is 0 Å². The fraction of sp³-hybridized carbons (Fsp3) is 0.538. The highest BCUT2D eigenvalue weighted by molar-refractivity contribution is 5.77. The van der Waals surface area contributed by atoms with Gasteiger partial charge in [-0.1, -0.05) is 26.7 Å². The summed E-state index contributed by atoms with van der Waals surface area (Å²) in [4.78, 5) is 46.3. The smallest absolute Gasteiger partial charge is 0.333 e. The van der Waals surface area contributed by atoms with Gasteiger partial charge in [0.25, 0.3) is 5.56 Å². The van der Waals surface area contributed by atoms with E-state index in [1.165, 1.54) is 0 Å². The van der Waals surface area contributed by atoms with Crippen LogP contribution in [-0.4, -0.2) is 50.3 Å². The van der Waals surface area contributed by atoms with Gasteiger partial charge in [0.15, 0.2) is 22.7 Å². The molecule has 0 bridgehead atoms. The largest absolute Gasteiger partial charge is 0.493 e. The van der Waals surface area contributed by atoms with E-state index in [1.807, 2.05) is 19.1 Å². The number of nitrogens with zero attached hydrogens (tertiary/aromatic N) is 5. The molecule has 0 saturated heterocycles. The first-order chi connectivity index (χ1) is 17.4. The predicted molar refractivity (Wildman–Crippen MR) is 137 cm³/mol. The van der Waals surface area contributed by atoms with Gasteiger partial charge in [-0.15, -0.1) is 0 Å². The summed E-state index contributed by atoms with van der Waals surface area (Å²) in [7, 11) is 3.17. The Hall–Kier alpha value is -3.56. The lowest BCUT2D eigenvalue weighted by atomic mass is 9.98. The molecule has 194 valence electrons. The van der Waals surface area contributed by atoms with Crippen molar-refractivity contribution in [2.75, 3.05) is 20.8 Å². The SMILES string of the molecule is CCCCn1cnc2c1c(=O)n(CC(=O)N1CCc3cc(OC)c(OC)cc3C1)c(=O)n2CCCC. The third-order valence-electron chi connectivity index (χ3n) is 6.84. The van der Waals surface area contributed by atoms with E-state index in [0.717, 1.165) is 41.4 Å². The number of amides is 1. The number of carbonyl (C=O) groups is 1. The first-order valence-corrected chi connectivity index (χ1v) is 12.6. The first-order valence-electron chi connectivity index (χ1n) is 12.6. The van der Waals surface area contributed by atoms with Crippen LogP contribution in [0.3, 0.4) is 0 Å². The molecule has 1 aliphatic rings. The third-order valence-corrected chi connectivity index (χ3v) is 6.84. The molecule has 4 rings (SSSR count). The molecule has 36 heavy (non-hydrogen) atoms. The number of aromatic nitrogens is 4. The van der Waals surface area contributed by atoms with Crippen molar-refractivity contribution >= 4 is 17.1 Å². The summed E-state index contributed by atoms with van der Waals surface area (Å²) in [5.74, 6) is 0.991. The van der Waals surface area contributed by atoms with Gasteiger partial charge in [0.1, 0.15) is 6.54 Å². The van der Waals surface area contributed by atoms with Crippen LogP contribution >= 0.6 is 0 Å². The molecule has 0 radical (unpaired) electrons. The van der Waals surface area contributed by atoms with Crippen molar-refractivity contribution in [3.63, 3.8) is 0 Å². The Morgan fingerprint density at radius 1 is 0.972 bits per heavy atom. The van der Waals surface area contributed by atoms with Gasteiger partial charge < -0.3 is 18.9 Å². The second kappa shape index (κ2) is 11.0. The molecule has 3 heterocycles. The lowest BCUT2D eigenvalue weighted by molar-refractivity contribution is -0.132. The van der Waals surface area contributed by atoms with Crippen LogP contribution in [-0.2, 0) is 37.4 Å². The van der Waals surface area contributed by atoms with E-state index in [-0.39, 0.29) is 12.5 Å². The second-order valence-electron chi connectivity index (χ2n) is 9.18. The van der Waals surface area contributed by atoms with Crippen molar-refractivity contribution in [1.82, 2.24) is 23.6 Å². The molecule has 1 aliphatic heterocycles. The van der Waals surface area contributed by atoms with Gasteiger partial charge in [-0.3, -0.25) is 14.2 Å². The highest BCUT2D eigenvalue weighted by Gasteiger charge is 2.25. The Morgan fingerprint density at radius 3 is 2.31 bits per heavy atom. The minimum atomic E-state index is -0.487. The normalized spacial score (nSPS) is 13.2. The van der Waals surface area contributed by atoms with Gasteiger partial charge in [-0.25, -0.2) is 14.3 Å². The molecule has 1 aromatic carbocycles. The first kappa shape index (κ1) is 25.5. The number of fused-ring (bicyclic) bond motifs is 2. The van der Waals surface area contributed by atoms with Crippen molar-refractivity contribution in [3.05, 3.63) is 50.4 Å². The quantitative estimate of drug-likeness (QED) is 0.427. The van der Waals surface area contributed by atoms with E-state index in [1.54, 1.807) is 34.6 Å². The molecule has 0 saturated carbocycles. The minimum absolute atomic E-state index is 0.268. The summed E-state index contributed by atoms with van der Waals surface area (Å²) in [6, 6.07) is 3.83. The van der Waals surface area contributed by atoms with Gasteiger partial charge in [0.2, 0.25) is 5.91 Å². The zero-order valence-electron chi connectivity index (χ0n) is 21.6. The van der Waals surface area contributed by atoms with Crippen molar-refractivity contribution in [1.29, 1.82) is 0 Å². The molecule has 10 nitrogen and oxygen atoms in total. The molecule has 0 unspecified atom stereocenters. The van der Waals surface area contributed by atoms with E-state index < -0.39 is 11.2 Å². The number of hydrogen-bond acceptors (Lipinski definition) is 6. The topological polar surface area (TPSA) is 101 Å². The third kappa shape index (κ3) is 4.76. The van der Waals surface area contributed by atoms with Crippen molar-refractivity contribution in [2.24, 2.45) is 0 Å². The Balaban J connectivity index is 1.67. The number of rotatable bonds is 10. The van der Waals surface area contributed by atoms with Crippen LogP contribution in [0.2, 0.25) is 0 Å². The number of unbranched alkanes of at least 4 members (excludes halogenated alkanes) is 2. The average Bonchev–Trinajstić information content (AvgIpc) is 3.32.